The molecular weight excluding hydrogens is 484 g/mol. The van der Waals surface area contributed by atoms with Gasteiger partial charge in [-0.3, -0.25) is 14.5 Å². The van der Waals surface area contributed by atoms with Gasteiger partial charge in [0.1, 0.15) is 0 Å². The van der Waals surface area contributed by atoms with Crippen LogP contribution in [-0.2, 0) is 11.3 Å². The number of aromatic nitrogens is 1. The van der Waals surface area contributed by atoms with E-state index in [4.69, 9.17) is 11.6 Å². The van der Waals surface area contributed by atoms with E-state index < -0.39 is 0 Å². The molecular formula is C23H18BrClN2O2S. The van der Waals surface area contributed by atoms with Crippen LogP contribution in [-0.4, -0.2) is 20.6 Å². The predicted octanol–water partition coefficient (Wildman–Crippen LogP) is 6.75. The Bertz CT molecular complexity index is 1180. The molecule has 0 N–H and O–H groups in total. The molecule has 0 aliphatic carbocycles. The summed E-state index contributed by atoms with van der Waals surface area (Å²) in [5.41, 5.74) is 4.83. The van der Waals surface area contributed by atoms with Crippen molar-refractivity contribution in [2.45, 2.75) is 20.4 Å². The molecule has 7 heteroatoms. The van der Waals surface area contributed by atoms with E-state index >= 15 is 0 Å². The van der Waals surface area contributed by atoms with Crippen molar-refractivity contribution in [3.8, 4) is 5.69 Å². The van der Waals surface area contributed by atoms with Crippen molar-refractivity contribution >= 4 is 56.5 Å². The lowest BCUT2D eigenvalue weighted by atomic mass is 10.2. The first-order valence-electron chi connectivity index (χ1n) is 9.29. The molecule has 2 heterocycles. The van der Waals surface area contributed by atoms with Gasteiger partial charge in [-0.05, 0) is 79.2 Å². The van der Waals surface area contributed by atoms with E-state index in [0.717, 1.165) is 44.4 Å². The largest absolute Gasteiger partial charge is 0.318 e. The molecule has 1 aliphatic rings. The first kappa shape index (κ1) is 21.0. The number of carbonyl (C=O) groups is 2. The number of hydrogen-bond donors (Lipinski definition) is 0. The van der Waals surface area contributed by atoms with E-state index in [1.54, 1.807) is 6.08 Å². The normalized spacial score (nSPS) is 15.5. The summed E-state index contributed by atoms with van der Waals surface area (Å²) in [6.07, 6.45) is 1.81. The number of aryl methyl sites for hydroxylation is 1. The van der Waals surface area contributed by atoms with E-state index in [-0.39, 0.29) is 17.7 Å². The minimum atomic E-state index is -0.267. The molecule has 3 aromatic rings. The fraction of sp³-hybridized carbons (Fsp3) is 0.130. The maximum atomic E-state index is 12.9. The monoisotopic (exact) mass is 500 g/mol. The standard InChI is InChI=1S/C23H18BrClN2O2S/c1-14-11-17(15(2)27(14)19-9-7-18(25)8-10-19)12-21-22(28)26(23(29)30-21)13-16-5-3-4-6-20(16)24/h3-12H,13H2,1-2H3/b21-12-. The van der Waals surface area contributed by atoms with Crippen LogP contribution in [0.1, 0.15) is 22.5 Å². The molecule has 2 amide bonds. The lowest BCUT2D eigenvalue weighted by Crippen LogP contribution is -2.27. The highest BCUT2D eigenvalue weighted by molar-refractivity contribution is 9.10. The van der Waals surface area contributed by atoms with Crippen molar-refractivity contribution < 1.29 is 9.59 Å². The van der Waals surface area contributed by atoms with Gasteiger partial charge in [0.2, 0.25) is 0 Å². The number of thioether (sulfide) groups is 1. The zero-order valence-electron chi connectivity index (χ0n) is 16.4. The summed E-state index contributed by atoms with van der Waals surface area (Å²) >= 11 is 10.5. The molecule has 1 saturated heterocycles. The molecule has 1 aliphatic heterocycles. The van der Waals surface area contributed by atoms with Crippen LogP contribution >= 0.6 is 39.3 Å². The molecule has 0 spiro atoms. The van der Waals surface area contributed by atoms with Crippen LogP contribution in [0.5, 0.6) is 0 Å². The van der Waals surface area contributed by atoms with Crippen LogP contribution in [0.2, 0.25) is 5.02 Å². The van der Waals surface area contributed by atoms with Gasteiger partial charge in [0.05, 0.1) is 11.4 Å². The second kappa shape index (κ2) is 8.46. The third-order valence-electron chi connectivity index (χ3n) is 5.00. The van der Waals surface area contributed by atoms with Gasteiger partial charge in [0.15, 0.2) is 0 Å². The van der Waals surface area contributed by atoms with Crippen LogP contribution in [0.3, 0.4) is 0 Å². The summed E-state index contributed by atoms with van der Waals surface area (Å²) in [4.78, 5) is 27.2. The molecule has 2 aromatic carbocycles. The molecule has 4 rings (SSSR count). The molecule has 1 aromatic heterocycles. The van der Waals surface area contributed by atoms with Crippen LogP contribution in [0.15, 0.2) is 64.0 Å². The van der Waals surface area contributed by atoms with Gasteiger partial charge in [-0.25, -0.2) is 0 Å². The molecule has 1 fully saturated rings. The summed E-state index contributed by atoms with van der Waals surface area (Å²) in [5, 5.41) is 0.425. The lowest BCUT2D eigenvalue weighted by molar-refractivity contribution is -0.123. The number of amides is 2. The van der Waals surface area contributed by atoms with Gasteiger partial charge in [0, 0.05) is 26.6 Å². The summed E-state index contributed by atoms with van der Waals surface area (Å²) in [7, 11) is 0. The maximum absolute atomic E-state index is 12.9. The molecule has 4 nitrogen and oxygen atoms in total. The molecule has 152 valence electrons. The van der Waals surface area contributed by atoms with Crippen molar-refractivity contribution in [2.24, 2.45) is 0 Å². The average Bonchev–Trinajstić information content (AvgIpc) is 3.14. The Labute approximate surface area is 192 Å². The highest BCUT2D eigenvalue weighted by Crippen LogP contribution is 2.35. The first-order valence-corrected chi connectivity index (χ1v) is 11.3. The molecule has 0 radical (unpaired) electrons. The second-order valence-corrected chi connectivity index (χ2v) is 9.28. The van der Waals surface area contributed by atoms with Crippen molar-refractivity contribution in [3.05, 3.63) is 91.5 Å². The van der Waals surface area contributed by atoms with Crippen LogP contribution in [0.25, 0.3) is 11.8 Å². The topological polar surface area (TPSA) is 42.3 Å². The van der Waals surface area contributed by atoms with E-state index in [1.807, 2.05) is 68.4 Å². The van der Waals surface area contributed by atoms with Gasteiger partial charge in [-0.2, -0.15) is 0 Å². The van der Waals surface area contributed by atoms with Gasteiger partial charge in [-0.1, -0.05) is 45.7 Å². The van der Waals surface area contributed by atoms with Crippen LogP contribution in [0, 0.1) is 13.8 Å². The summed E-state index contributed by atoms with van der Waals surface area (Å²) in [6, 6.07) is 17.2. The van der Waals surface area contributed by atoms with Crippen molar-refractivity contribution in [1.82, 2.24) is 9.47 Å². The van der Waals surface area contributed by atoms with Gasteiger partial charge in [-0.15, -0.1) is 0 Å². The Balaban J connectivity index is 1.63. The van der Waals surface area contributed by atoms with E-state index in [2.05, 4.69) is 20.5 Å². The Morgan fingerprint density at radius 2 is 1.77 bits per heavy atom. The zero-order valence-corrected chi connectivity index (χ0v) is 19.5. The molecule has 0 unspecified atom stereocenters. The molecule has 0 atom stereocenters. The number of halogens is 2. The van der Waals surface area contributed by atoms with Gasteiger partial charge >= 0.3 is 0 Å². The number of nitrogens with zero attached hydrogens (tertiary/aromatic N) is 2. The SMILES string of the molecule is Cc1cc(/C=C2\SC(=O)N(Cc3ccccc3Br)C2=O)c(C)n1-c1ccc(Cl)cc1. The predicted molar refractivity (Wildman–Crippen MR) is 126 cm³/mol. The van der Waals surface area contributed by atoms with Crippen molar-refractivity contribution in [1.29, 1.82) is 0 Å². The second-order valence-electron chi connectivity index (χ2n) is 7.00. The molecule has 0 bridgehead atoms. The number of benzene rings is 2. The number of rotatable bonds is 4. The Hall–Kier alpha value is -2.28. The van der Waals surface area contributed by atoms with Crippen LogP contribution < -0.4 is 0 Å². The minimum Gasteiger partial charge on any atom is -0.318 e. The fourth-order valence-corrected chi connectivity index (χ4v) is 4.86. The van der Waals surface area contributed by atoms with Crippen LogP contribution in [0.4, 0.5) is 4.79 Å². The smallest absolute Gasteiger partial charge is 0.293 e. The van der Waals surface area contributed by atoms with Gasteiger partial charge in [0.25, 0.3) is 11.1 Å². The first-order chi connectivity index (χ1) is 14.3. The Kier molecular flexibility index (Phi) is 5.91. The number of hydrogen-bond acceptors (Lipinski definition) is 3. The van der Waals surface area contributed by atoms with Crippen molar-refractivity contribution in [2.75, 3.05) is 0 Å². The minimum absolute atomic E-state index is 0.243. The quantitative estimate of drug-likeness (QED) is 0.372. The van der Waals surface area contributed by atoms with Gasteiger partial charge < -0.3 is 4.57 Å². The maximum Gasteiger partial charge on any atom is 0.293 e. The molecule has 30 heavy (non-hydrogen) atoms. The number of carbonyl (C=O) groups excluding carboxylic acids is 2. The summed E-state index contributed by atoms with van der Waals surface area (Å²) in [5.74, 6) is -0.267. The highest BCUT2D eigenvalue weighted by atomic mass is 79.9. The fourth-order valence-electron chi connectivity index (χ4n) is 3.50. The third kappa shape index (κ3) is 4.00. The number of imide groups is 1. The average molecular weight is 502 g/mol. The Morgan fingerprint density at radius 3 is 2.47 bits per heavy atom. The highest BCUT2D eigenvalue weighted by Gasteiger charge is 2.35. The van der Waals surface area contributed by atoms with Crippen molar-refractivity contribution in [3.63, 3.8) is 0 Å². The van der Waals surface area contributed by atoms with E-state index in [9.17, 15) is 9.59 Å². The summed E-state index contributed by atoms with van der Waals surface area (Å²) < 4.78 is 2.98. The zero-order chi connectivity index (χ0) is 21.4. The Morgan fingerprint density at radius 1 is 1.07 bits per heavy atom. The molecule has 0 saturated carbocycles. The van der Waals surface area contributed by atoms with E-state index in [1.165, 1.54) is 4.90 Å². The van der Waals surface area contributed by atoms with E-state index in [0.29, 0.717) is 9.93 Å². The lowest BCUT2D eigenvalue weighted by Gasteiger charge is -2.13. The summed E-state index contributed by atoms with van der Waals surface area (Å²) in [6.45, 7) is 4.25. The third-order valence-corrected chi connectivity index (χ3v) is 6.93.